The molecule has 0 bridgehead atoms. The maximum Gasteiger partial charge on any atom is 0.241 e. The second-order valence-corrected chi connectivity index (χ2v) is 10.6. The lowest BCUT2D eigenvalue weighted by Crippen LogP contribution is -2.40. The zero-order valence-electron chi connectivity index (χ0n) is 21.4. The molecule has 35 heavy (non-hydrogen) atoms. The summed E-state index contributed by atoms with van der Waals surface area (Å²) in [6.45, 7) is 12.6. The molecule has 186 valence electrons. The average molecular weight is 477 g/mol. The topological polar surface area (TPSA) is 80.5 Å². The Morgan fingerprint density at radius 2 is 1.91 bits per heavy atom. The Kier molecular flexibility index (Phi) is 7.55. The SMILES string of the molecule is CC(C)Oc1ccccc1NC(=O)C1CCCN(Cc2nc(-c3ccc(C(C)(C)C)cc3)no2)C1. The molecule has 1 amide bonds. The van der Waals surface area contributed by atoms with Crippen molar-refractivity contribution in [3.63, 3.8) is 0 Å². The molecule has 0 spiro atoms. The van der Waals surface area contributed by atoms with Crippen LogP contribution in [0.2, 0.25) is 0 Å². The molecule has 2 aromatic carbocycles. The number of amides is 1. The summed E-state index contributed by atoms with van der Waals surface area (Å²) in [6, 6.07) is 15.9. The normalized spacial score (nSPS) is 16.9. The van der Waals surface area contributed by atoms with Gasteiger partial charge in [0, 0.05) is 12.1 Å². The zero-order valence-corrected chi connectivity index (χ0v) is 21.4. The Morgan fingerprint density at radius 3 is 2.63 bits per heavy atom. The molecule has 1 aliphatic heterocycles. The minimum atomic E-state index is -0.108. The number of ether oxygens (including phenoxy) is 1. The Labute approximate surface area is 207 Å². The monoisotopic (exact) mass is 476 g/mol. The standard InChI is InChI=1S/C28H36N4O3/c1-19(2)34-24-11-7-6-10-23(24)29-27(33)21-9-8-16-32(17-21)18-25-30-26(31-35-25)20-12-14-22(15-13-20)28(3,4)5/h6-7,10-15,19,21H,8-9,16-18H2,1-5H3,(H,29,33). The lowest BCUT2D eigenvalue weighted by molar-refractivity contribution is -0.121. The van der Waals surface area contributed by atoms with Gasteiger partial charge in [0.05, 0.1) is 24.3 Å². The third kappa shape index (κ3) is 6.48. The van der Waals surface area contributed by atoms with Crippen LogP contribution in [0.5, 0.6) is 5.75 Å². The third-order valence-corrected chi connectivity index (χ3v) is 6.22. The number of anilines is 1. The van der Waals surface area contributed by atoms with E-state index in [1.54, 1.807) is 0 Å². The van der Waals surface area contributed by atoms with E-state index in [-0.39, 0.29) is 23.3 Å². The van der Waals surface area contributed by atoms with Crippen LogP contribution in [0.25, 0.3) is 11.4 Å². The largest absolute Gasteiger partial charge is 0.489 e. The number of nitrogens with zero attached hydrogens (tertiary/aromatic N) is 3. The van der Waals surface area contributed by atoms with E-state index >= 15 is 0 Å². The second kappa shape index (κ2) is 10.6. The highest BCUT2D eigenvalue weighted by molar-refractivity contribution is 5.94. The van der Waals surface area contributed by atoms with Gasteiger partial charge in [-0.25, -0.2) is 0 Å². The third-order valence-electron chi connectivity index (χ3n) is 6.22. The van der Waals surface area contributed by atoms with E-state index < -0.39 is 0 Å². The van der Waals surface area contributed by atoms with Crippen molar-refractivity contribution in [2.75, 3.05) is 18.4 Å². The first kappa shape index (κ1) is 24.9. The first-order valence-electron chi connectivity index (χ1n) is 12.4. The van der Waals surface area contributed by atoms with Crippen LogP contribution in [-0.4, -0.2) is 40.1 Å². The predicted molar refractivity (Wildman–Crippen MR) is 137 cm³/mol. The van der Waals surface area contributed by atoms with Gasteiger partial charge in [-0.05, 0) is 56.3 Å². The molecule has 1 fully saturated rings. The highest BCUT2D eigenvalue weighted by Gasteiger charge is 2.27. The molecular weight excluding hydrogens is 440 g/mol. The number of likely N-dealkylation sites (tertiary alicyclic amines) is 1. The molecule has 1 unspecified atom stereocenters. The Balaban J connectivity index is 1.36. The van der Waals surface area contributed by atoms with Crippen LogP contribution < -0.4 is 10.1 Å². The van der Waals surface area contributed by atoms with Crippen LogP contribution in [0.15, 0.2) is 53.1 Å². The number of para-hydroxylation sites is 2. The summed E-state index contributed by atoms with van der Waals surface area (Å²) in [5.41, 5.74) is 3.01. The van der Waals surface area contributed by atoms with Gasteiger partial charge < -0.3 is 14.6 Å². The molecule has 4 rings (SSSR count). The van der Waals surface area contributed by atoms with Gasteiger partial charge in [0.25, 0.3) is 0 Å². The summed E-state index contributed by atoms with van der Waals surface area (Å²) in [7, 11) is 0. The van der Waals surface area contributed by atoms with Gasteiger partial charge >= 0.3 is 0 Å². The smallest absolute Gasteiger partial charge is 0.241 e. The molecule has 7 nitrogen and oxygen atoms in total. The first-order chi connectivity index (χ1) is 16.7. The van der Waals surface area contributed by atoms with Crippen molar-refractivity contribution >= 4 is 11.6 Å². The van der Waals surface area contributed by atoms with E-state index in [4.69, 9.17) is 9.26 Å². The summed E-state index contributed by atoms with van der Waals surface area (Å²) in [4.78, 5) is 19.9. The molecule has 0 saturated carbocycles. The fourth-order valence-electron chi connectivity index (χ4n) is 4.32. The molecule has 1 atom stereocenters. The summed E-state index contributed by atoms with van der Waals surface area (Å²) in [5.74, 6) is 1.76. The van der Waals surface area contributed by atoms with Gasteiger partial charge in [0.15, 0.2) is 0 Å². The number of nitrogens with one attached hydrogen (secondary N) is 1. The molecule has 1 aromatic heterocycles. The Bertz CT molecular complexity index is 1130. The van der Waals surface area contributed by atoms with Crippen LogP contribution in [0.4, 0.5) is 5.69 Å². The number of aromatic nitrogens is 2. The van der Waals surface area contributed by atoms with Gasteiger partial charge in [-0.15, -0.1) is 0 Å². The van der Waals surface area contributed by atoms with Crippen molar-refractivity contribution in [1.29, 1.82) is 0 Å². The van der Waals surface area contributed by atoms with E-state index in [1.807, 2.05) is 50.2 Å². The number of carbonyl (C=O) groups is 1. The van der Waals surface area contributed by atoms with Crippen LogP contribution in [0.1, 0.15) is 58.9 Å². The number of piperidine rings is 1. The van der Waals surface area contributed by atoms with E-state index in [0.29, 0.717) is 36.2 Å². The average Bonchev–Trinajstić information content (AvgIpc) is 3.28. The molecule has 2 heterocycles. The summed E-state index contributed by atoms with van der Waals surface area (Å²) >= 11 is 0. The van der Waals surface area contributed by atoms with E-state index in [2.05, 4.69) is 53.3 Å². The molecule has 1 aliphatic rings. The van der Waals surface area contributed by atoms with Crippen molar-refractivity contribution in [1.82, 2.24) is 15.0 Å². The van der Waals surface area contributed by atoms with E-state index in [1.165, 1.54) is 5.56 Å². The minimum absolute atomic E-state index is 0.0136. The van der Waals surface area contributed by atoms with Gasteiger partial charge in [-0.2, -0.15) is 4.98 Å². The molecule has 0 aliphatic carbocycles. The van der Waals surface area contributed by atoms with Crippen molar-refractivity contribution in [3.8, 4) is 17.1 Å². The fraction of sp³-hybridized carbons (Fsp3) is 0.464. The lowest BCUT2D eigenvalue weighted by Gasteiger charge is -2.31. The van der Waals surface area contributed by atoms with Crippen molar-refractivity contribution in [2.45, 2.75) is 65.5 Å². The van der Waals surface area contributed by atoms with Gasteiger partial charge in [-0.1, -0.05) is 62.3 Å². The minimum Gasteiger partial charge on any atom is -0.489 e. The molecule has 7 heteroatoms. The Morgan fingerprint density at radius 1 is 1.17 bits per heavy atom. The number of hydrogen-bond acceptors (Lipinski definition) is 6. The van der Waals surface area contributed by atoms with Crippen molar-refractivity contribution in [2.24, 2.45) is 5.92 Å². The van der Waals surface area contributed by atoms with Crippen LogP contribution in [0, 0.1) is 5.92 Å². The maximum atomic E-state index is 13.0. The van der Waals surface area contributed by atoms with E-state index in [9.17, 15) is 4.79 Å². The highest BCUT2D eigenvalue weighted by Crippen LogP contribution is 2.28. The van der Waals surface area contributed by atoms with Crippen LogP contribution in [0.3, 0.4) is 0 Å². The number of carbonyl (C=O) groups excluding carboxylic acids is 1. The number of rotatable bonds is 7. The molecule has 1 saturated heterocycles. The summed E-state index contributed by atoms with van der Waals surface area (Å²) in [6.07, 6.45) is 1.83. The van der Waals surface area contributed by atoms with Crippen molar-refractivity contribution in [3.05, 3.63) is 60.0 Å². The lowest BCUT2D eigenvalue weighted by atomic mass is 9.87. The Hall–Kier alpha value is -3.19. The van der Waals surface area contributed by atoms with Gasteiger partial charge in [0.2, 0.25) is 17.6 Å². The molecule has 3 aromatic rings. The zero-order chi connectivity index (χ0) is 25.0. The fourth-order valence-corrected chi connectivity index (χ4v) is 4.32. The predicted octanol–water partition coefficient (Wildman–Crippen LogP) is 5.67. The maximum absolute atomic E-state index is 13.0. The van der Waals surface area contributed by atoms with Crippen LogP contribution in [-0.2, 0) is 16.8 Å². The van der Waals surface area contributed by atoms with Crippen LogP contribution >= 0.6 is 0 Å². The quantitative estimate of drug-likeness (QED) is 0.473. The molecule has 1 N–H and O–H groups in total. The first-order valence-corrected chi connectivity index (χ1v) is 12.4. The van der Waals surface area contributed by atoms with E-state index in [0.717, 1.165) is 24.9 Å². The molecule has 0 radical (unpaired) electrons. The number of hydrogen-bond donors (Lipinski definition) is 1. The summed E-state index contributed by atoms with van der Waals surface area (Å²) in [5, 5.41) is 7.25. The van der Waals surface area contributed by atoms with Gasteiger partial charge in [0.1, 0.15) is 5.75 Å². The molecular formula is C28H36N4O3. The highest BCUT2D eigenvalue weighted by atomic mass is 16.5. The second-order valence-electron chi connectivity index (χ2n) is 10.6. The summed E-state index contributed by atoms with van der Waals surface area (Å²) < 4.78 is 11.4. The van der Waals surface area contributed by atoms with Gasteiger partial charge in [-0.3, -0.25) is 9.69 Å². The van der Waals surface area contributed by atoms with Crippen molar-refractivity contribution < 1.29 is 14.1 Å². The number of benzene rings is 2.